The van der Waals surface area contributed by atoms with Gasteiger partial charge in [-0.15, -0.1) is 0 Å². The molecule has 0 radical (unpaired) electrons. The van der Waals surface area contributed by atoms with Gasteiger partial charge in [-0.05, 0) is 49.4 Å². The molecule has 3 amide bonds. The van der Waals surface area contributed by atoms with E-state index in [0.29, 0.717) is 11.1 Å². The van der Waals surface area contributed by atoms with Crippen LogP contribution in [0.3, 0.4) is 0 Å². The molecular formula is C18H21FN4O4S. The first-order valence-corrected chi connectivity index (χ1v) is 9.80. The number of nitrogens with one attached hydrogen (secondary N) is 4. The van der Waals surface area contributed by atoms with Gasteiger partial charge >= 0.3 is 6.03 Å². The average molecular weight is 408 g/mol. The van der Waals surface area contributed by atoms with E-state index in [9.17, 15) is 22.4 Å². The largest absolute Gasteiger partial charge is 0.334 e. The van der Waals surface area contributed by atoms with Gasteiger partial charge in [0.2, 0.25) is 15.9 Å². The number of benzene rings is 2. The van der Waals surface area contributed by atoms with E-state index in [1.807, 2.05) is 0 Å². The third kappa shape index (κ3) is 6.03. The van der Waals surface area contributed by atoms with Crippen molar-refractivity contribution in [3.05, 3.63) is 59.4 Å². The third-order valence-electron chi connectivity index (χ3n) is 3.81. The molecule has 10 heteroatoms. The van der Waals surface area contributed by atoms with Crippen molar-refractivity contribution in [1.29, 1.82) is 0 Å². The van der Waals surface area contributed by atoms with Crippen LogP contribution in [0.4, 0.5) is 14.9 Å². The van der Waals surface area contributed by atoms with Crippen molar-refractivity contribution in [3.63, 3.8) is 0 Å². The highest BCUT2D eigenvalue weighted by Crippen LogP contribution is 2.19. The molecule has 2 aromatic rings. The molecule has 0 aliphatic rings. The predicted octanol–water partition coefficient (Wildman–Crippen LogP) is 1.48. The minimum atomic E-state index is -3.65. The quantitative estimate of drug-likeness (QED) is 0.555. The lowest BCUT2D eigenvalue weighted by Gasteiger charge is -2.11. The minimum Gasteiger partial charge on any atom is -0.334 e. The number of carbonyl (C=O) groups excluding carboxylic acids is 2. The Morgan fingerprint density at radius 2 is 1.71 bits per heavy atom. The number of amides is 3. The molecule has 2 rings (SSSR count). The Kier molecular flexibility index (Phi) is 7.07. The Hall–Kier alpha value is -2.98. The van der Waals surface area contributed by atoms with Crippen LogP contribution in [0, 0.1) is 12.7 Å². The molecule has 0 atom stereocenters. The summed E-state index contributed by atoms with van der Waals surface area (Å²) in [7, 11) is -2.35. The molecule has 0 saturated heterocycles. The number of sulfonamides is 1. The summed E-state index contributed by atoms with van der Waals surface area (Å²) in [4.78, 5) is 23.8. The van der Waals surface area contributed by atoms with Crippen molar-refractivity contribution in [2.24, 2.45) is 0 Å². The van der Waals surface area contributed by atoms with Crippen LogP contribution in [0.5, 0.6) is 0 Å². The van der Waals surface area contributed by atoms with Crippen LogP contribution in [-0.4, -0.2) is 33.9 Å². The molecule has 0 aliphatic heterocycles. The fourth-order valence-electron chi connectivity index (χ4n) is 2.29. The van der Waals surface area contributed by atoms with Gasteiger partial charge in [0.25, 0.3) is 0 Å². The molecule has 0 heterocycles. The van der Waals surface area contributed by atoms with Crippen molar-refractivity contribution >= 4 is 27.6 Å². The van der Waals surface area contributed by atoms with E-state index in [-0.39, 0.29) is 29.5 Å². The summed E-state index contributed by atoms with van der Waals surface area (Å²) in [6.45, 7) is 1.51. The number of urea groups is 1. The lowest BCUT2D eigenvalue weighted by atomic mass is 10.2. The molecule has 28 heavy (non-hydrogen) atoms. The van der Waals surface area contributed by atoms with Crippen molar-refractivity contribution in [3.8, 4) is 0 Å². The SMILES string of the molecule is CNS(=O)(=O)c1cc(NC(=O)CNC(=O)NCc2ccc(F)cc2)ccc1C. The Labute approximate surface area is 162 Å². The number of rotatable bonds is 7. The maximum absolute atomic E-state index is 12.8. The van der Waals surface area contributed by atoms with Crippen LogP contribution < -0.4 is 20.7 Å². The van der Waals surface area contributed by atoms with Crippen molar-refractivity contribution < 1.29 is 22.4 Å². The topological polar surface area (TPSA) is 116 Å². The standard InChI is InChI=1S/C18H21FN4O4S/c1-12-3-8-15(9-16(12)28(26,27)20-2)23-17(24)11-22-18(25)21-10-13-4-6-14(19)7-5-13/h3-9,20H,10-11H2,1-2H3,(H,23,24)(H2,21,22,25). The number of carbonyl (C=O) groups is 2. The van der Waals surface area contributed by atoms with Gasteiger partial charge < -0.3 is 16.0 Å². The lowest BCUT2D eigenvalue weighted by molar-refractivity contribution is -0.115. The molecule has 4 N–H and O–H groups in total. The van der Waals surface area contributed by atoms with Crippen LogP contribution in [0.1, 0.15) is 11.1 Å². The van der Waals surface area contributed by atoms with E-state index in [0.717, 1.165) is 0 Å². The van der Waals surface area contributed by atoms with Crippen LogP contribution in [0.15, 0.2) is 47.4 Å². The highest BCUT2D eigenvalue weighted by atomic mass is 32.2. The highest BCUT2D eigenvalue weighted by molar-refractivity contribution is 7.89. The molecule has 0 fully saturated rings. The van der Waals surface area contributed by atoms with E-state index in [2.05, 4.69) is 20.7 Å². The fraction of sp³-hybridized carbons (Fsp3) is 0.222. The molecule has 8 nitrogen and oxygen atoms in total. The molecule has 0 unspecified atom stereocenters. The zero-order valence-corrected chi connectivity index (χ0v) is 16.2. The van der Waals surface area contributed by atoms with Crippen molar-refractivity contribution in [2.75, 3.05) is 18.9 Å². The Balaban J connectivity index is 1.86. The summed E-state index contributed by atoms with van der Waals surface area (Å²) in [5, 5.41) is 7.45. The van der Waals surface area contributed by atoms with Crippen LogP contribution in [-0.2, 0) is 21.4 Å². The van der Waals surface area contributed by atoms with Gasteiger partial charge in [-0.2, -0.15) is 0 Å². The smallest absolute Gasteiger partial charge is 0.315 e. The van der Waals surface area contributed by atoms with E-state index in [1.54, 1.807) is 19.1 Å². The molecule has 150 valence electrons. The summed E-state index contributed by atoms with van der Waals surface area (Å²) < 4.78 is 39.0. The fourth-order valence-corrected chi connectivity index (χ4v) is 3.28. The second-order valence-corrected chi connectivity index (χ2v) is 7.75. The summed E-state index contributed by atoms with van der Waals surface area (Å²) >= 11 is 0. The summed E-state index contributed by atoms with van der Waals surface area (Å²) in [5.41, 5.74) is 1.53. The minimum absolute atomic E-state index is 0.0535. The number of halogens is 1. The molecule has 0 aromatic heterocycles. The monoisotopic (exact) mass is 408 g/mol. The van der Waals surface area contributed by atoms with Gasteiger partial charge in [0.05, 0.1) is 11.4 Å². The van der Waals surface area contributed by atoms with Gasteiger partial charge in [-0.1, -0.05) is 18.2 Å². The zero-order chi connectivity index (χ0) is 20.7. The number of hydrogen-bond donors (Lipinski definition) is 4. The number of anilines is 1. The van der Waals surface area contributed by atoms with Gasteiger partial charge in [-0.3, -0.25) is 4.79 Å². The predicted molar refractivity (Wildman–Crippen MR) is 103 cm³/mol. The zero-order valence-electron chi connectivity index (χ0n) is 15.4. The third-order valence-corrected chi connectivity index (χ3v) is 5.36. The first-order valence-electron chi connectivity index (χ1n) is 8.31. The van der Waals surface area contributed by atoms with Gasteiger partial charge in [0.15, 0.2) is 0 Å². The lowest BCUT2D eigenvalue weighted by Crippen LogP contribution is -2.39. The van der Waals surface area contributed by atoms with Gasteiger partial charge in [0.1, 0.15) is 5.82 Å². The van der Waals surface area contributed by atoms with E-state index in [1.165, 1.54) is 37.4 Å². The number of hydrogen-bond acceptors (Lipinski definition) is 4. The normalized spacial score (nSPS) is 11.0. The number of aryl methyl sites for hydroxylation is 1. The van der Waals surface area contributed by atoms with Crippen LogP contribution in [0.2, 0.25) is 0 Å². The van der Waals surface area contributed by atoms with Crippen molar-refractivity contribution in [1.82, 2.24) is 15.4 Å². The Morgan fingerprint density at radius 3 is 2.36 bits per heavy atom. The molecule has 0 aliphatic carbocycles. The molecule has 0 bridgehead atoms. The molecule has 0 saturated carbocycles. The van der Waals surface area contributed by atoms with E-state index < -0.39 is 22.0 Å². The van der Waals surface area contributed by atoms with Gasteiger partial charge in [0, 0.05) is 12.2 Å². The first kappa shape index (κ1) is 21.3. The van der Waals surface area contributed by atoms with Crippen LogP contribution in [0.25, 0.3) is 0 Å². The maximum Gasteiger partial charge on any atom is 0.315 e. The average Bonchev–Trinajstić information content (AvgIpc) is 2.67. The van der Waals surface area contributed by atoms with E-state index >= 15 is 0 Å². The second kappa shape index (κ2) is 9.29. The summed E-state index contributed by atoms with van der Waals surface area (Å²) in [5.74, 6) is -0.889. The van der Waals surface area contributed by atoms with Gasteiger partial charge in [-0.25, -0.2) is 22.3 Å². The maximum atomic E-state index is 12.8. The Morgan fingerprint density at radius 1 is 1.04 bits per heavy atom. The first-order chi connectivity index (χ1) is 13.2. The molecule has 2 aromatic carbocycles. The highest BCUT2D eigenvalue weighted by Gasteiger charge is 2.16. The second-order valence-electron chi connectivity index (χ2n) is 5.90. The summed E-state index contributed by atoms with van der Waals surface area (Å²) in [6.07, 6.45) is 0. The van der Waals surface area contributed by atoms with Crippen molar-refractivity contribution in [2.45, 2.75) is 18.4 Å². The van der Waals surface area contributed by atoms with E-state index in [4.69, 9.17) is 0 Å². The molecule has 0 spiro atoms. The summed E-state index contributed by atoms with van der Waals surface area (Å²) in [6, 6.07) is 9.56. The van der Waals surface area contributed by atoms with Crippen LogP contribution >= 0.6 is 0 Å². The Bertz CT molecular complexity index is 962. The molecular weight excluding hydrogens is 387 g/mol.